The summed E-state index contributed by atoms with van der Waals surface area (Å²) in [5, 5.41) is 11.0. The second-order valence-corrected chi connectivity index (χ2v) is 8.02. The Hall–Kier alpha value is -3.32. The van der Waals surface area contributed by atoms with Crippen molar-refractivity contribution in [2.45, 2.75) is 6.04 Å². The van der Waals surface area contributed by atoms with E-state index in [1.54, 1.807) is 48.5 Å². The fourth-order valence-corrected chi connectivity index (χ4v) is 3.75. The molecule has 7 heteroatoms. The van der Waals surface area contributed by atoms with Gasteiger partial charge in [-0.1, -0.05) is 28.1 Å². The second kappa shape index (κ2) is 7.84. The second-order valence-electron chi connectivity index (χ2n) is 7.10. The summed E-state index contributed by atoms with van der Waals surface area (Å²) in [5.41, 5.74) is 1.93. The predicted octanol–water partition coefficient (Wildman–Crippen LogP) is 4.73. The van der Waals surface area contributed by atoms with E-state index >= 15 is 0 Å². The van der Waals surface area contributed by atoms with Gasteiger partial charge in [-0.3, -0.25) is 14.5 Å². The van der Waals surface area contributed by atoms with Crippen LogP contribution in [0.5, 0.6) is 0 Å². The molecule has 0 bridgehead atoms. The van der Waals surface area contributed by atoms with Gasteiger partial charge in [0.15, 0.2) is 0 Å². The van der Waals surface area contributed by atoms with Crippen LogP contribution in [0, 0.1) is 0 Å². The highest BCUT2D eigenvalue weighted by Crippen LogP contribution is 2.42. The van der Waals surface area contributed by atoms with Crippen molar-refractivity contribution in [1.29, 1.82) is 0 Å². The van der Waals surface area contributed by atoms with Gasteiger partial charge in [-0.15, -0.1) is 0 Å². The number of anilines is 2. The smallest absolute Gasteiger partial charge is 0.300 e. The lowest BCUT2D eigenvalue weighted by atomic mass is 9.99. The molecule has 2 aromatic carbocycles. The molecule has 6 nitrogen and oxygen atoms in total. The van der Waals surface area contributed by atoms with Crippen LogP contribution in [0.15, 0.2) is 81.4 Å². The summed E-state index contributed by atoms with van der Waals surface area (Å²) >= 11 is 3.35. The molecular formula is C23H19BrN2O4. The van der Waals surface area contributed by atoms with Crippen LogP contribution in [-0.2, 0) is 9.59 Å². The van der Waals surface area contributed by atoms with E-state index in [2.05, 4.69) is 15.9 Å². The minimum atomic E-state index is -0.867. The van der Waals surface area contributed by atoms with Crippen LogP contribution in [-0.4, -0.2) is 30.9 Å². The van der Waals surface area contributed by atoms with Crippen molar-refractivity contribution in [1.82, 2.24) is 0 Å². The van der Waals surface area contributed by atoms with Crippen molar-refractivity contribution in [2.75, 3.05) is 23.9 Å². The van der Waals surface area contributed by atoms with Crippen molar-refractivity contribution in [2.24, 2.45) is 0 Å². The lowest BCUT2D eigenvalue weighted by Crippen LogP contribution is -2.29. The first-order valence-electron chi connectivity index (χ1n) is 9.26. The van der Waals surface area contributed by atoms with E-state index in [0.29, 0.717) is 17.0 Å². The number of aliphatic hydroxyl groups excluding tert-OH is 1. The van der Waals surface area contributed by atoms with E-state index in [1.807, 2.05) is 31.1 Å². The predicted molar refractivity (Wildman–Crippen MR) is 118 cm³/mol. The highest BCUT2D eigenvalue weighted by atomic mass is 79.9. The van der Waals surface area contributed by atoms with Gasteiger partial charge in [0.2, 0.25) is 0 Å². The summed E-state index contributed by atoms with van der Waals surface area (Å²) in [7, 11) is 3.84. The van der Waals surface area contributed by atoms with Crippen LogP contribution in [0.3, 0.4) is 0 Å². The SMILES string of the molecule is CN(C)c1ccc(N2C(=O)C(=O)/C(=C(\O)c3ccc(Br)cc3)C2c2ccco2)cc1. The van der Waals surface area contributed by atoms with Gasteiger partial charge >= 0.3 is 0 Å². The van der Waals surface area contributed by atoms with Gasteiger partial charge < -0.3 is 14.4 Å². The summed E-state index contributed by atoms with van der Waals surface area (Å²) < 4.78 is 6.39. The molecule has 3 aromatic rings. The molecule has 2 heterocycles. The monoisotopic (exact) mass is 466 g/mol. The van der Waals surface area contributed by atoms with Gasteiger partial charge in [0, 0.05) is 35.5 Å². The molecule has 0 saturated carbocycles. The number of furan rings is 1. The molecule has 1 fully saturated rings. The number of halogens is 1. The molecule has 1 N–H and O–H groups in total. The molecule has 1 saturated heterocycles. The van der Waals surface area contributed by atoms with Crippen molar-refractivity contribution in [3.05, 3.63) is 88.3 Å². The molecule has 1 aliphatic heterocycles. The van der Waals surface area contributed by atoms with Crippen LogP contribution >= 0.6 is 15.9 Å². The summed E-state index contributed by atoms with van der Waals surface area (Å²) in [5.74, 6) is -1.32. The van der Waals surface area contributed by atoms with E-state index in [4.69, 9.17) is 4.42 Å². The number of ketones is 1. The number of rotatable bonds is 4. The molecular weight excluding hydrogens is 448 g/mol. The van der Waals surface area contributed by atoms with E-state index in [1.165, 1.54) is 11.2 Å². The third kappa shape index (κ3) is 3.41. The van der Waals surface area contributed by atoms with Crippen LogP contribution < -0.4 is 9.80 Å². The van der Waals surface area contributed by atoms with Gasteiger partial charge in [-0.2, -0.15) is 0 Å². The molecule has 1 amide bonds. The minimum absolute atomic E-state index is 0.00559. The lowest BCUT2D eigenvalue weighted by molar-refractivity contribution is -0.132. The summed E-state index contributed by atoms with van der Waals surface area (Å²) in [6.07, 6.45) is 1.48. The van der Waals surface area contributed by atoms with E-state index in [9.17, 15) is 14.7 Å². The molecule has 30 heavy (non-hydrogen) atoms. The van der Waals surface area contributed by atoms with Crippen molar-refractivity contribution in [3.8, 4) is 0 Å². The number of amides is 1. The molecule has 0 spiro atoms. The van der Waals surface area contributed by atoms with E-state index in [-0.39, 0.29) is 11.3 Å². The Balaban J connectivity index is 1.87. The van der Waals surface area contributed by atoms with E-state index in [0.717, 1.165) is 10.2 Å². The topological polar surface area (TPSA) is 74.0 Å². The Labute approximate surface area is 182 Å². The van der Waals surface area contributed by atoms with Crippen molar-refractivity contribution < 1.29 is 19.1 Å². The first kappa shape index (κ1) is 20.0. The minimum Gasteiger partial charge on any atom is -0.507 e. The quantitative estimate of drug-likeness (QED) is 0.341. The number of Topliss-reactive ketones (excluding diaryl/α,β-unsaturated/α-hetero) is 1. The zero-order valence-corrected chi connectivity index (χ0v) is 18.0. The Morgan fingerprint density at radius 3 is 2.27 bits per heavy atom. The molecule has 0 radical (unpaired) electrons. The third-order valence-corrected chi connectivity index (χ3v) is 5.55. The first-order chi connectivity index (χ1) is 14.4. The summed E-state index contributed by atoms with van der Waals surface area (Å²) in [4.78, 5) is 29.3. The van der Waals surface area contributed by atoms with Crippen molar-refractivity contribution >= 4 is 44.8 Å². The number of benzene rings is 2. The first-order valence-corrected chi connectivity index (χ1v) is 10.1. The van der Waals surface area contributed by atoms with Crippen LogP contribution in [0.2, 0.25) is 0 Å². The van der Waals surface area contributed by atoms with Crippen LogP contribution in [0.25, 0.3) is 5.76 Å². The maximum absolute atomic E-state index is 13.0. The molecule has 152 valence electrons. The molecule has 1 aromatic heterocycles. The molecule has 1 atom stereocenters. The Bertz CT molecular complexity index is 1120. The zero-order valence-electron chi connectivity index (χ0n) is 16.4. The molecule has 1 unspecified atom stereocenters. The Kier molecular flexibility index (Phi) is 5.22. The lowest BCUT2D eigenvalue weighted by Gasteiger charge is -2.24. The highest BCUT2D eigenvalue weighted by Gasteiger charge is 2.48. The average molecular weight is 467 g/mol. The van der Waals surface area contributed by atoms with Gasteiger partial charge in [-0.05, 0) is 48.5 Å². The van der Waals surface area contributed by atoms with E-state index < -0.39 is 17.7 Å². The molecule has 0 aliphatic carbocycles. The summed E-state index contributed by atoms with van der Waals surface area (Å²) in [6.45, 7) is 0. The number of carbonyl (C=O) groups excluding carboxylic acids is 2. The van der Waals surface area contributed by atoms with Gasteiger partial charge in [0.1, 0.15) is 17.6 Å². The van der Waals surface area contributed by atoms with Gasteiger partial charge in [-0.25, -0.2) is 0 Å². The van der Waals surface area contributed by atoms with Gasteiger partial charge in [0.05, 0.1) is 11.8 Å². The van der Waals surface area contributed by atoms with Crippen LogP contribution in [0.4, 0.5) is 11.4 Å². The maximum atomic E-state index is 13.0. The fraction of sp³-hybridized carbons (Fsp3) is 0.130. The largest absolute Gasteiger partial charge is 0.507 e. The Morgan fingerprint density at radius 2 is 1.70 bits per heavy atom. The van der Waals surface area contributed by atoms with Gasteiger partial charge in [0.25, 0.3) is 11.7 Å². The fourth-order valence-electron chi connectivity index (χ4n) is 3.49. The number of hydrogen-bond donors (Lipinski definition) is 1. The summed E-state index contributed by atoms with van der Waals surface area (Å²) in [6, 6.07) is 16.7. The maximum Gasteiger partial charge on any atom is 0.300 e. The Morgan fingerprint density at radius 1 is 1.03 bits per heavy atom. The molecule has 1 aliphatic rings. The molecule has 4 rings (SSSR count). The number of aliphatic hydroxyl groups is 1. The highest BCUT2D eigenvalue weighted by molar-refractivity contribution is 9.10. The number of nitrogens with zero attached hydrogens (tertiary/aromatic N) is 2. The normalized spacial score (nSPS) is 18.1. The average Bonchev–Trinajstić information content (AvgIpc) is 3.35. The third-order valence-electron chi connectivity index (χ3n) is 5.02. The number of carbonyl (C=O) groups is 2. The standard InChI is InChI=1S/C23H19BrN2O4/c1-25(2)16-9-11-17(12-10-16)26-20(18-4-3-13-30-18)19(22(28)23(26)29)21(27)14-5-7-15(24)8-6-14/h3-13,20,27H,1-2H3/b21-19-. The van der Waals surface area contributed by atoms with Crippen LogP contribution in [0.1, 0.15) is 17.4 Å². The van der Waals surface area contributed by atoms with Crippen molar-refractivity contribution in [3.63, 3.8) is 0 Å². The number of hydrogen-bond acceptors (Lipinski definition) is 5. The zero-order chi connectivity index (χ0) is 21.4.